The van der Waals surface area contributed by atoms with Crippen LogP contribution in [0.3, 0.4) is 0 Å². The maximum Gasteiger partial charge on any atom is 0.321 e. The average molecular weight is 492 g/mol. The molecule has 0 amide bonds. The predicted molar refractivity (Wildman–Crippen MR) is 138 cm³/mol. The summed E-state index contributed by atoms with van der Waals surface area (Å²) in [6, 6.07) is 21.0. The summed E-state index contributed by atoms with van der Waals surface area (Å²) in [7, 11) is 0. The van der Waals surface area contributed by atoms with E-state index in [0.717, 1.165) is 38.5 Å². The van der Waals surface area contributed by atoms with Gasteiger partial charge in [0, 0.05) is 53.7 Å². The lowest BCUT2D eigenvalue weighted by atomic mass is 10.0. The monoisotopic (exact) mass is 491 g/mol. The second-order valence-corrected chi connectivity index (χ2v) is 9.20. The highest BCUT2D eigenvalue weighted by atomic mass is 35.5. The second-order valence-electron chi connectivity index (χ2n) is 8.38. The van der Waals surface area contributed by atoms with E-state index in [4.69, 9.17) is 23.2 Å². The van der Waals surface area contributed by atoms with E-state index in [9.17, 15) is 9.90 Å². The third-order valence-corrected chi connectivity index (χ3v) is 6.88. The number of carboxylic acid groups (broad SMARTS) is 1. The Morgan fingerprint density at radius 3 is 2.53 bits per heavy atom. The largest absolute Gasteiger partial charge is 0.480 e. The Kier molecular flexibility index (Phi) is 6.33. The topological polar surface area (TPSA) is 70.0 Å². The fraction of sp³-hybridized carbons (Fsp3) is 0.148. The van der Waals surface area contributed by atoms with E-state index in [0.29, 0.717) is 29.6 Å². The van der Waals surface area contributed by atoms with Crippen molar-refractivity contribution < 1.29 is 9.90 Å². The van der Waals surface area contributed by atoms with E-state index >= 15 is 0 Å². The number of nitrogens with zero attached hydrogens (tertiary/aromatic N) is 1. The zero-order chi connectivity index (χ0) is 23.7. The Balaban J connectivity index is 1.38. The third kappa shape index (κ3) is 4.55. The molecule has 0 saturated heterocycles. The summed E-state index contributed by atoms with van der Waals surface area (Å²) in [5.74, 6) is -0.871. The van der Waals surface area contributed by atoms with Crippen LogP contribution in [-0.4, -0.2) is 26.7 Å². The van der Waals surface area contributed by atoms with Gasteiger partial charge in [-0.3, -0.25) is 10.1 Å². The molecule has 0 aliphatic rings. The van der Waals surface area contributed by atoms with Crippen molar-refractivity contribution in [3.8, 4) is 0 Å². The zero-order valence-electron chi connectivity index (χ0n) is 18.3. The minimum Gasteiger partial charge on any atom is -0.480 e. The number of para-hydroxylation sites is 2. The first kappa shape index (κ1) is 22.5. The molecule has 0 bridgehead atoms. The van der Waals surface area contributed by atoms with Crippen LogP contribution in [-0.2, 0) is 24.3 Å². The Hall–Kier alpha value is -3.25. The molecule has 0 fully saturated rings. The summed E-state index contributed by atoms with van der Waals surface area (Å²) >= 11 is 12.3. The van der Waals surface area contributed by atoms with E-state index in [-0.39, 0.29) is 0 Å². The van der Waals surface area contributed by atoms with Crippen LogP contribution in [0.2, 0.25) is 10.0 Å². The van der Waals surface area contributed by atoms with Gasteiger partial charge in [0.15, 0.2) is 0 Å². The van der Waals surface area contributed by atoms with Crippen molar-refractivity contribution in [1.82, 2.24) is 14.9 Å². The standard InChI is InChI=1S/C27H23Cl2N3O2/c28-22-10-9-17(11-23(22)29)15-32-16-19(21-6-2-4-8-26(21)32)14-31-25(27(33)34)12-18-13-30-24-7-3-1-5-20(18)24/h1-11,13,16,25,30-31H,12,14-15H2,(H,33,34)/t25-/m1/s1. The number of H-pyrrole nitrogens is 1. The van der Waals surface area contributed by atoms with Gasteiger partial charge in [-0.15, -0.1) is 0 Å². The molecule has 3 aromatic carbocycles. The molecule has 34 heavy (non-hydrogen) atoms. The van der Waals surface area contributed by atoms with E-state index in [1.807, 2.05) is 54.7 Å². The highest BCUT2D eigenvalue weighted by Crippen LogP contribution is 2.26. The molecule has 172 valence electrons. The van der Waals surface area contributed by atoms with Gasteiger partial charge in [0.05, 0.1) is 10.0 Å². The van der Waals surface area contributed by atoms with E-state index in [1.54, 1.807) is 6.07 Å². The highest BCUT2D eigenvalue weighted by molar-refractivity contribution is 6.42. The number of aromatic amines is 1. The van der Waals surface area contributed by atoms with Gasteiger partial charge in [-0.2, -0.15) is 0 Å². The van der Waals surface area contributed by atoms with Crippen LogP contribution >= 0.6 is 23.2 Å². The van der Waals surface area contributed by atoms with Crippen LogP contribution in [0.15, 0.2) is 79.1 Å². The van der Waals surface area contributed by atoms with E-state index in [2.05, 4.69) is 33.2 Å². The van der Waals surface area contributed by atoms with E-state index in [1.165, 1.54) is 0 Å². The number of halogens is 2. The van der Waals surface area contributed by atoms with Crippen LogP contribution in [0.5, 0.6) is 0 Å². The molecule has 1 atom stereocenters. The summed E-state index contributed by atoms with van der Waals surface area (Å²) < 4.78 is 2.15. The minimum atomic E-state index is -0.871. The highest BCUT2D eigenvalue weighted by Gasteiger charge is 2.20. The number of carboxylic acids is 1. The Labute approximate surface area is 206 Å². The molecule has 7 heteroatoms. The van der Waals surface area contributed by atoms with Crippen molar-refractivity contribution >= 4 is 51.0 Å². The molecule has 2 heterocycles. The first-order chi connectivity index (χ1) is 16.5. The van der Waals surface area contributed by atoms with Gasteiger partial charge in [0.2, 0.25) is 0 Å². The molecular weight excluding hydrogens is 469 g/mol. The fourth-order valence-electron chi connectivity index (χ4n) is 4.43. The van der Waals surface area contributed by atoms with Crippen LogP contribution in [0.1, 0.15) is 16.7 Å². The Morgan fingerprint density at radius 2 is 1.74 bits per heavy atom. The number of hydrogen-bond acceptors (Lipinski definition) is 2. The van der Waals surface area contributed by atoms with Gasteiger partial charge in [0.1, 0.15) is 6.04 Å². The minimum absolute atomic E-state index is 0.390. The summed E-state index contributed by atoms with van der Waals surface area (Å²) in [4.78, 5) is 15.3. The SMILES string of the molecule is O=C(O)[C@@H](Cc1c[nH]c2ccccc12)NCc1cn(Cc2ccc(Cl)c(Cl)c2)c2ccccc12. The number of fused-ring (bicyclic) bond motifs is 2. The number of aromatic nitrogens is 2. The van der Waals surface area contributed by atoms with Gasteiger partial charge in [-0.25, -0.2) is 0 Å². The summed E-state index contributed by atoms with van der Waals surface area (Å²) in [5, 5.41) is 16.3. The molecule has 0 unspecified atom stereocenters. The molecule has 5 aromatic rings. The summed E-state index contributed by atoms with van der Waals surface area (Å²) in [6.45, 7) is 1.07. The molecule has 0 aliphatic carbocycles. The second kappa shape index (κ2) is 9.55. The molecule has 0 saturated carbocycles. The van der Waals surface area contributed by atoms with Crippen LogP contribution in [0.4, 0.5) is 0 Å². The number of aliphatic carboxylic acids is 1. The fourth-order valence-corrected chi connectivity index (χ4v) is 4.75. The molecule has 3 N–H and O–H groups in total. The van der Waals surface area contributed by atoms with Crippen LogP contribution in [0, 0.1) is 0 Å². The van der Waals surface area contributed by atoms with Gasteiger partial charge in [-0.05, 0) is 41.0 Å². The Bertz CT molecular complexity index is 1490. The molecule has 0 aliphatic heterocycles. The third-order valence-electron chi connectivity index (χ3n) is 6.14. The van der Waals surface area contributed by atoms with Crippen molar-refractivity contribution in [3.63, 3.8) is 0 Å². The summed E-state index contributed by atoms with van der Waals surface area (Å²) in [6.07, 6.45) is 4.36. The van der Waals surface area contributed by atoms with Crippen molar-refractivity contribution in [1.29, 1.82) is 0 Å². The quantitative estimate of drug-likeness (QED) is 0.239. The average Bonchev–Trinajstić information content (AvgIpc) is 3.40. The smallest absolute Gasteiger partial charge is 0.321 e. The van der Waals surface area contributed by atoms with E-state index < -0.39 is 12.0 Å². The number of benzene rings is 3. The van der Waals surface area contributed by atoms with Gasteiger partial charge in [-0.1, -0.05) is 65.7 Å². The zero-order valence-corrected chi connectivity index (χ0v) is 19.8. The van der Waals surface area contributed by atoms with Crippen LogP contribution < -0.4 is 5.32 Å². The number of rotatable bonds is 8. The molecular formula is C27H23Cl2N3O2. The Morgan fingerprint density at radius 1 is 0.971 bits per heavy atom. The normalized spacial score (nSPS) is 12.4. The maximum atomic E-state index is 12.1. The molecule has 5 rings (SSSR count). The molecule has 5 nitrogen and oxygen atoms in total. The number of nitrogens with one attached hydrogen (secondary N) is 2. The molecule has 2 aromatic heterocycles. The first-order valence-electron chi connectivity index (χ1n) is 11.0. The van der Waals surface area contributed by atoms with Crippen molar-refractivity contribution in [2.75, 3.05) is 0 Å². The molecule has 0 radical (unpaired) electrons. The van der Waals surface area contributed by atoms with Crippen LogP contribution in [0.25, 0.3) is 21.8 Å². The van der Waals surface area contributed by atoms with Gasteiger partial charge >= 0.3 is 5.97 Å². The van der Waals surface area contributed by atoms with Crippen molar-refractivity contribution in [3.05, 3.63) is 106 Å². The van der Waals surface area contributed by atoms with Crippen molar-refractivity contribution in [2.45, 2.75) is 25.6 Å². The predicted octanol–water partition coefficient (Wildman–Crippen LogP) is 6.26. The number of carbonyl (C=O) groups is 1. The molecule has 0 spiro atoms. The van der Waals surface area contributed by atoms with Gasteiger partial charge < -0.3 is 14.7 Å². The van der Waals surface area contributed by atoms with Crippen molar-refractivity contribution in [2.24, 2.45) is 0 Å². The lowest BCUT2D eigenvalue weighted by Gasteiger charge is -2.14. The number of hydrogen-bond donors (Lipinski definition) is 3. The van der Waals surface area contributed by atoms with Gasteiger partial charge in [0.25, 0.3) is 0 Å². The maximum absolute atomic E-state index is 12.1. The summed E-state index contributed by atoms with van der Waals surface area (Å²) in [5.41, 5.74) is 5.15. The first-order valence-corrected chi connectivity index (χ1v) is 11.8. The lowest BCUT2D eigenvalue weighted by molar-refractivity contribution is -0.139. The lowest BCUT2D eigenvalue weighted by Crippen LogP contribution is -2.38.